The molecule has 0 spiro atoms. The predicted molar refractivity (Wildman–Crippen MR) is 94.5 cm³/mol. The molecule has 1 N–H and O–H groups in total. The van der Waals surface area contributed by atoms with E-state index in [2.05, 4.69) is 44.9 Å². The summed E-state index contributed by atoms with van der Waals surface area (Å²) in [7, 11) is 0. The first kappa shape index (κ1) is 15.5. The molecule has 0 bridgehead atoms. The van der Waals surface area contributed by atoms with Crippen LogP contribution in [0.5, 0.6) is 0 Å². The van der Waals surface area contributed by atoms with Gasteiger partial charge in [0.2, 0.25) is 0 Å². The van der Waals surface area contributed by atoms with Gasteiger partial charge in [-0.25, -0.2) is 4.68 Å². The zero-order chi connectivity index (χ0) is 17.2. The van der Waals surface area contributed by atoms with Gasteiger partial charge in [0.1, 0.15) is 5.82 Å². The van der Waals surface area contributed by atoms with Gasteiger partial charge in [-0.1, -0.05) is 24.3 Å². The lowest BCUT2D eigenvalue weighted by Gasteiger charge is -2.27. The Kier molecular flexibility index (Phi) is 4.01. The van der Waals surface area contributed by atoms with Crippen molar-refractivity contribution in [1.29, 1.82) is 0 Å². The normalized spacial score (nSPS) is 16.3. The number of anilines is 1. The minimum Gasteiger partial charge on any atom is -0.307 e. The van der Waals surface area contributed by atoms with Gasteiger partial charge in [-0.2, -0.15) is 15.3 Å². The Labute approximate surface area is 145 Å². The molecule has 2 aromatic heterocycles. The molecule has 0 fully saturated rings. The van der Waals surface area contributed by atoms with Gasteiger partial charge < -0.3 is 5.32 Å². The van der Waals surface area contributed by atoms with Crippen LogP contribution in [0, 0.1) is 6.92 Å². The molecule has 1 aliphatic carbocycles. The smallest absolute Gasteiger partial charge is 0.258 e. The first-order chi connectivity index (χ1) is 12.2. The topological polar surface area (TPSA) is 72.7 Å². The lowest BCUT2D eigenvalue weighted by atomic mass is 9.88. The van der Waals surface area contributed by atoms with Gasteiger partial charge >= 0.3 is 0 Å². The van der Waals surface area contributed by atoms with Gasteiger partial charge in [-0.3, -0.25) is 4.79 Å². The summed E-state index contributed by atoms with van der Waals surface area (Å²) in [5.74, 6) is 0.501. The van der Waals surface area contributed by atoms with Gasteiger partial charge in [0.05, 0.1) is 29.7 Å². The average molecular weight is 333 g/mol. The van der Waals surface area contributed by atoms with Crippen LogP contribution in [0.2, 0.25) is 0 Å². The van der Waals surface area contributed by atoms with E-state index in [1.165, 1.54) is 17.3 Å². The highest BCUT2D eigenvalue weighted by atomic mass is 16.1. The van der Waals surface area contributed by atoms with Crippen molar-refractivity contribution in [2.24, 2.45) is 0 Å². The highest BCUT2D eigenvalue weighted by Crippen LogP contribution is 2.34. The molecule has 0 unspecified atom stereocenters. The highest BCUT2D eigenvalue weighted by molar-refractivity contribution is 6.04. The molecule has 1 amide bonds. The zero-order valence-electron chi connectivity index (χ0n) is 14.0. The molecule has 0 radical (unpaired) electrons. The average Bonchev–Trinajstić information content (AvgIpc) is 3.09. The van der Waals surface area contributed by atoms with Gasteiger partial charge in [0.15, 0.2) is 0 Å². The Hall–Kier alpha value is -3.02. The van der Waals surface area contributed by atoms with E-state index in [-0.39, 0.29) is 11.9 Å². The molecule has 25 heavy (non-hydrogen) atoms. The molecule has 0 aliphatic heterocycles. The standard InChI is InChI=1S/C19H19N5O/c1-13-15(9-11-20-23-13)19(25)22-18-10-12-21-24(18)17-8-4-6-14-5-2-3-7-16(14)17/h2-3,5,7,9-12,17H,4,6,8H2,1H3,(H,22,25)/t17-/m0/s1. The van der Waals surface area contributed by atoms with E-state index in [0.717, 1.165) is 19.3 Å². The van der Waals surface area contributed by atoms with E-state index < -0.39 is 0 Å². The first-order valence-electron chi connectivity index (χ1n) is 8.45. The van der Waals surface area contributed by atoms with Crippen molar-refractivity contribution >= 4 is 11.7 Å². The third-order valence-electron chi connectivity index (χ3n) is 4.69. The van der Waals surface area contributed by atoms with Gasteiger partial charge in [0.25, 0.3) is 5.91 Å². The molecule has 6 heteroatoms. The maximum absolute atomic E-state index is 12.6. The first-order valence-corrected chi connectivity index (χ1v) is 8.45. The minimum absolute atomic E-state index is 0.145. The summed E-state index contributed by atoms with van der Waals surface area (Å²) in [6.07, 6.45) is 6.47. The number of nitrogens with zero attached hydrogens (tertiary/aromatic N) is 4. The second-order valence-corrected chi connectivity index (χ2v) is 6.25. The van der Waals surface area contributed by atoms with Crippen molar-refractivity contribution in [1.82, 2.24) is 20.0 Å². The van der Waals surface area contributed by atoms with E-state index in [1.807, 2.05) is 10.7 Å². The number of benzene rings is 1. The highest BCUT2D eigenvalue weighted by Gasteiger charge is 2.24. The van der Waals surface area contributed by atoms with Crippen LogP contribution in [0.25, 0.3) is 0 Å². The number of rotatable bonds is 3. The van der Waals surface area contributed by atoms with Gasteiger partial charge in [0, 0.05) is 6.07 Å². The third kappa shape index (κ3) is 2.91. The Bertz CT molecular complexity index is 917. The second-order valence-electron chi connectivity index (χ2n) is 6.25. The summed E-state index contributed by atoms with van der Waals surface area (Å²) in [6.45, 7) is 1.77. The van der Waals surface area contributed by atoms with Gasteiger partial charge in [-0.05, 0) is 43.4 Å². The Morgan fingerprint density at radius 3 is 2.96 bits per heavy atom. The number of aryl methyl sites for hydroxylation is 2. The molecule has 0 saturated carbocycles. The molecule has 3 aromatic rings. The summed E-state index contributed by atoms with van der Waals surface area (Å²) in [4.78, 5) is 12.6. The number of hydrogen-bond acceptors (Lipinski definition) is 4. The van der Waals surface area contributed by atoms with Crippen LogP contribution in [-0.4, -0.2) is 25.9 Å². The summed E-state index contributed by atoms with van der Waals surface area (Å²) in [5, 5.41) is 15.2. The molecular weight excluding hydrogens is 314 g/mol. The fourth-order valence-corrected chi connectivity index (χ4v) is 3.47. The van der Waals surface area contributed by atoms with Gasteiger partial charge in [-0.15, -0.1) is 0 Å². The van der Waals surface area contributed by atoms with Crippen molar-refractivity contribution in [3.63, 3.8) is 0 Å². The molecule has 126 valence electrons. The minimum atomic E-state index is -0.196. The van der Waals surface area contributed by atoms with Crippen LogP contribution < -0.4 is 5.32 Å². The summed E-state index contributed by atoms with van der Waals surface area (Å²) in [6, 6.07) is 12.1. The van der Waals surface area contributed by atoms with Crippen LogP contribution in [0.15, 0.2) is 48.8 Å². The molecular formula is C19H19N5O. The molecule has 2 heterocycles. The van der Waals surface area contributed by atoms with Crippen molar-refractivity contribution in [3.05, 3.63) is 71.2 Å². The fraction of sp³-hybridized carbons (Fsp3) is 0.263. The van der Waals surface area contributed by atoms with E-state index in [4.69, 9.17) is 0 Å². The predicted octanol–water partition coefficient (Wildman–Crippen LogP) is 3.16. The molecule has 0 saturated heterocycles. The number of carbonyl (C=O) groups is 1. The van der Waals surface area contributed by atoms with Crippen molar-refractivity contribution in [3.8, 4) is 0 Å². The quantitative estimate of drug-likeness (QED) is 0.799. The third-order valence-corrected chi connectivity index (χ3v) is 4.69. The van der Waals surface area contributed by atoms with Crippen LogP contribution in [0.1, 0.15) is 46.1 Å². The largest absolute Gasteiger partial charge is 0.307 e. The van der Waals surface area contributed by atoms with E-state index in [0.29, 0.717) is 17.1 Å². The number of amides is 1. The molecule has 1 aromatic carbocycles. The lowest BCUT2D eigenvalue weighted by molar-refractivity contribution is 0.102. The Morgan fingerprint density at radius 2 is 2.08 bits per heavy atom. The van der Waals surface area contributed by atoms with Crippen LogP contribution >= 0.6 is 0 Å². The number of hydrogen-bond donors (Lipinski definition) is 1. The fourth-order valence-electron chi connectivity index (χ4n) is 3.47. The van der Waals surface area contributed by atoms with Crippen LogP contribution in [0.3, 0.4) is 0 Å². The van der Waals surface area contributed by atoms with Crippen molar-refractivity contribution in [2.75, 3.05) is 5.32 Å². The maximum atomic E-state index is 12.6. The number of fused-ring (bicyclic) bond motifs is 1. The summed E-state index contributed by atoms with van der Waals surface area (Å²) >= 11 is 0. The summed E-state index contributed by atoms with van der Waals surface area (Å²) in [5.41, 5.74) is 3.77. The summed E-state index contributed by atoms with van der Waals surface area (Å²) < 4.78 is 1.92. The molecule has 1 aliphatic rings. The van der Waals surface area contributed by atoms with Crippen molar-refractivity contribution in [2.45, 2.75) is 32.2 Å². The van der Waals surface area contributed by atoms with Crippen molar-refractivity contribution < 1.29 is 4.79 Å². The lowest BCUT2D eigenvalue weighted by Crippen LogP contribution is -2.22. The number of aromatic nitrogens is 4. The number of nitrogens with one attached hydrogen (secondary N) is 1. The SMILES string of the molecule is Cc1nnccc1C(=O)Nc1ccnn1[C@H]1CCCc2ccccc21. The maximum Gasteiger partial charge on any atom is 0.258 e. The van der Waals surface area contributed by atoms with Crippen LogP contribution in [-0.2, 0) is 6.42 Å². The number of carbonyl (C=O) groups excluding carboxylic acids is 1. The molecule has 4 rings (SSSR count). The monoisotopic (exact) mass is 333 g/mol. The molecule has 6 nitrogen and oxygen atoms in total. The van der Waals surface area contributed by atoms with E-state index in [9.17, 15) is 4.79 Å². The van der Waals surface area contributed by atoms with E-state index in [1.54, 1.807) is 19.2 Å². The second kappa shape index (κ2) is 6.47. The molecule has 1 atom stereocenters. The Balaban J connectivity index is 1.64. The van der Waals surface area contributed by atoms with E-state index >= 15 is 0 Å². The Morgan fingerprint density at radius 1 is 1.20 bits per heavy atom. The van der Waals surface area contributed by atoms with Crippen LogP contribution in [0.4, 0.5) is 5.82 Å². The zero-order valence-corrected chi connectivity index (χ0v) is 14.0.